The lowest BCUT2D eigenvalue weighted by atomic mass is 10.1. The Balaban J connectivity index is 2.33. The van der Waals surface area contributed by atoms with Crippen molar-refractivity contribution in [2.24, 2.45) is 7.05 Å². The SMILES string of the molecule is CCCNCc1cn(C)nc1-c1ccccc1OC(F)F. The van der Waals surface area contributed by atoms with E-state index in [0.717, 1.165) is 18.5 Å². The van der Waals surface area contributed by atoms with E-state index in [2.05, 4.69) is 22.1 Å². The van der Waals surface area contributed by atoms with Crippen molar-refractivity contribution < 1.29 is 13.5 Å². The second-order valence-electron chi connectivity index (χ2n) is 4.73. The Morgan fingerprint density at radius 2 is 2.10 bits per heavy atom. The second-order valence-corrected chi connectivity index (χ2v) is 4.73. The minimum Gasteiger partial charge on any atom is -0.434 e. The monoisotopic (exact) mass is 295 g/mol. The number of aromatic nitrogens is 2. The van der Waals surface area contributed by atoms with Gasteiger partial charge in [-0.15, -0.1) is 0 Å². The van der Waals surface area contributed by atoms with Gasteiger partial charge in [0.15, 0.2) is 0 Å². The van der Waals surface area contributed by atoms with Gasteiger partial charge in [-0.2, -0.15) is 13.9 Å². The van der Waals surface area contributed by atoms with Gasteiger partial charge in [0, 0.05) is 30.9 Å². The summed E-state index contributed by atoms with van der Waals surface area (Å²) in [7, 11) is 1.81. The maximum atomic E-state index is 12.5. The molecule has 0 aliphatic carbocycles. The number of ether oxygens (including phenoxy) is 1. The van der Waals surface area contributed by atoms with Crippen molar-refractivity contribution in [2.75, 3.05) is 6.54 Å². The molecule has 21 heavy (non-hydrogen) atoms. The Morgan fingerprint density at radius 1 is 1.33 bits per heavy atom. The number of nitrogens with one attached hydrogen (secondary N) is 1. The molecule has 1 N–H and O–H groups in total. The summed E-state index contributed by atoms with van der Waals surface area (Å²) in [6.45, 7) is 0.767. The average Bonchev–Trinajstić information content (AvgIpc) is 2.80. The largest absolute Gasteiger partial charge is 0.434 e. The third kappa shape index (κ3) is 4.01. The predicted molar refractivity (Wildman–Crippen MR) is 77.3 cm³/mol. The fraction of sp³-hybridized carbons (Fsp3) is 0.400. The van der Waals surface area contributed by atoms with Crippen molar-refractivity contribution in [3.63, 3.8) is 0 Å². The molecule has 0 radical (unpaired) electrons. The Bertz CT molecular complexity index is 584. The van der Waals surface area contributed by atoms with Crippen LogP contribution in [0.25, 0.3) is 11.3 Å². The molecule has 0 bridgehead atoms. The van der Waals surface area contributed by atoms with E-state index in [1.807, 2.05) is 13.2 Å². The van der Waals surface area contributed by atoms with Crippen molar-refractivity contribution in [1.82, 2.24) is 15.1 Å². The Hall–Kier alpha value is -1.95. The molecular formula is C15H19F2N3O. The highest BCUT2D eigenvalue weighted by Gasteiger charge is 2.16. The van der Waals surface area contributed by atoms with Crippen molar-refractivity contribution in [1.29, 1.82) is 0 Å². The van der Waals surface area contributed by atoms with Crippen LogP contribution in [0.3, 0.4) is 0 Å². The minimum absolute atomic E-state index is 0.142. The van der Waals surface area contributed by atoms with E-state index >= 15 is 0 Å². The quantitative estimate of drug-likeness (QED) is 0.797. The van der Waals surface area contributed by atoms with Crippen LogP contribution in [0.1, 0.15) is 18.9 Å². The third-order valence-corrected chi connectivity index (χ3v) is 3.01. The lowest BCUT2D eigenvalue weighted by molar-refractivity contribution is -0.0494. The molecule has 0 aliphatic heterocycles. The summed E-state index contributed by atoms with van der Waals surface area (Å²) < 4.78 is 31.3. The van der Waals surface area contributed by atoms with E-state index in [1.165, 1.54) is 6.07 Å². The maximum absolute atomic E-state index is 12.5. The van der Waals surface area contributed by atoms with Crippen LogP contribution < -0.4 is 10.1 Å². The van der Waals surface area contributed by atoms with E-state index < -0.39 is 6.61 Å². The van der Waals surface area contributed by atoms with E-state index in [9.17, 15) is 8.78 Å². The minimum atomic E-state index is -2.85. The molecule has 0 atom stereocenters. The van der Waals surface area contributed by atoms with Gasteiger partial charge < -0.3 is 10.1 Å². The number of rotatable bonds is 7. The second kappa shape index (κ2) is 7.17. The fourth-order valence-electron chi connectivity index (χ4n) is 2.15. The van der Waals surface area contributed by atoms with E-state index in [0.29, 0.717) is 17.8 Å². The van der Waals surface area contributed by atoms with Gasteiger partial charge in [0.1, 0.15) is 11.4 Å². The van der Waals surface area contributed by atoms with Crippen LogP contribution in [0.2, 0.25) is 0 Å². The van der Waals surface area contributed by atoms with Crippen molar-refractivity contribution in [3.8, 4) is 17.0 Å². The van der Waals surface area contributed by atoms with Crippen LogP contribution in [-0.4, -0.2) is 22.9 Å². The smallest absolute Gasteiger partial charge is 0.387 e. The van der Waals surface area contributed by atoms with Crippen LogP contribution in [-0.2, 0) is 13.6 Å². The normalized spacial score (nSPS) is 11.1. The lowest BCUT2D eigenvalue weighted by Gasteiger charge is -2.10. The van der Waals surface area contributed by atoms with Crippen LogP contribution >= 0.6 is 0 Å². The molecule has 0 saturated heterocycles. The van der Waals surface area contributed by atoms with Gasteiger partial charge in [0.05, 0.1) is 0 Å². The molecule has 0 amide bonds. The standard InChI is InChI=1S/C15H19F2N3O/c1-3-8-18-9-11-10-20(2)19-14(11)12-6-4-5-7-13(12)21-15(16)17/h4-7,10,15,18H,3,8-9H2,1-2H3. The number of hydrogen-bond donors (Lipinski definition) is 1. The van der Waals surface area contributed by atoms with Crippen LogP contribution in [0, 0.1) is 0 Å². The van der Waals surface area contributed by atoms with Crippen molar-refractivity contribution in [2.45, 2.75) is 26.5 Å². The Kier molecular flexibility index (Phi) is 5.27. The lowest BCUT2D eigenvalue weighted by Crippen LogP contribution is -2.14. The summed E-state index contributed by atoms with van der Waals surface area (Å²) >= 11 is 0. The molecule has 0 spiro atoms. The molecule has 1 heterocycles. The molecule has 0 unspecified atom stereocenters. The van der Waals surface area contributed by atoms with Gasteiger partial charge in [-0.25, -0.2) is 0 Å². The molecule has 4 nitrogen and oxygen atoms in total. The molecule has 114 valence electrons. The summed E-state index contributed by atoms with van der Waals surface area (Å²) in [6.07, 6.45) is 2.91. The molecule has 1 aromatic carbocycles. The van der Waals surface area contributed by atoms with E-state index in [1.54, 1.807) is 22.9 Å². The van der Waals surface area contributed by atoms with Gasteiger partial charge in [-0.05, 0) is 25.1 Å². The summed E-state index contributed by atoms with van der Waals surface area (Å²) in [6, 6.07) is 6.72. The number of halogens is 2. The zero-order valence-corrected chi connectivity index (χ0v) is 12.1. The fourth-order valence-corrected chi connectivity index (χ4v) is 2.15. The van der Waals surface area contributed by atoms with Crippen LogP contribution in [0.4, 0.5) is 8.78 Å². The summed E-state index contributed by atoms with van der Waals surface area (Å²) in [5.74, 6) is 0.142. The molecule has 2 aromatic rings. The highest BCUT2D eigenvalue weighted by molar-refractivity contribution is 5.69. The number of para-hydroxylation sites is 1. The van der Waals surface area contributed by atoms with Gasteiger partial charge in [0.2, 0.25) is 0 Å². The molecule has 1 aromatic heterocycles. The number of benzene rings is 1. The summed E-state index contributed by atoms with van der Waals surface area (Å²) in [5, 5.41) is 7.67. The Labute approximate surface area is 122 Å². The van der Waals surface area contributed by atoms with Crippen molar-refractivity contribution in [3.05, 3.63) is 36.0 Å². The number of aryl methyl sites for hydroxylation is 1. The van der Waals surface area contributed by atoms with E-state index in [4.69, 9.17) is 0 Å². The molecule has 0 aliphatic rings. The molecular weight excluding hydrogens is 276 g/mol. The maximum Gasteiger partial charge on any atom is 0.387 e. The van der Waals surface area contributed by atoms with Gasteiger partial charge in [-0.3, -0.25) is 4.68 Å². The summed E-state index contributed by atoms with van der Waals surface area (Å²) in [5.41, 5.74) is 2.19. The van der Waals surface area contributed by atoms with Crippen LogP contribution in [0.5, 0.6) is 5.75 Å². The first-order valence-electron chi connectivity index (χ1n) is 6.89. The Morgan fingerprint density at radius 3 is 2.81 bits per heavy atom. The number of alkyl halides is 2. The van der Waals surface area contributed by atoms with E-state index in [-0.39, 0.29) is 5.75 Å². The average molecular weight is 295 g/mol. The predicted octanol–water partition coefficient (Wildman–Crippen LogP) is 3.19. The highest BCUT2D eigenvalue weighted by Crippen LogP contribution is 2.32. The first-order chi connectivity index (χ1) is 10.1. The van der Waals surface area contributed by atoms with Crippen LogP contribution in [0.15, 0.2) is 30.5 Å². The number of hydrogen-bond acceptors (Lipinski definition) is 3. The zero-order valence-electron chi connectivity index (χ0n) is 12.1. The first kappa shape index (κ1) is 15.4. The van der Waals surface area contributed by atoms with Gasteiger partial charge >= 0.3 is 6.61 Å². The number of nitrogens with zero attached hydrogens (tertiary/aromatic N) is 2. The van der Waals surface area contributed by atoms with Crippen molar-refractivity contribution >= 4 is 0 Å². The first-order valence-corrected chi connectivity index (χ1v) is 6.89. The zero-order chi connectivity index (χ0) is 15.2. The topological polar surface area (TPSA) is 39.1 Å². The van der Waals surface area contributed by atoms with Gasteiger partial charge in [-0.1, -0.05) is 19.1 Å². The van der Waals surface area contributed by atoms with Gasteiger partial charge in [0.25, 0.3) is 0 Å². The third-order valence-electron chi connectivity index (χ3n) is 3.01. The summed E-state index contributed by atoms with van der Waals surface area (Å²) in [4.78, 5) is 0. The molecule has 2 rings (SSSR count). The molecule has 6 heteroatoms. The molecule has 0 saturated carbocycles. The molecule has 0 fully saturated rings. The highest BCUT2D eigenvalue weighted by atomic mass is 19.3.